The van der Waals surface area contributed by atoms with E-state index in [-0.39, 0.29) is 27.4 Å². The molecule has 24 heavy (non-hydrogen) atoms. The monoisotopic (exact) mass is 393 g/mol. The lowest BCUT2D eigenvalue weighted by Crippen LogP contribution is -2.51. The molecule has 0 atom stereocenters. The first-order chi connectivity index (χ1) is 11.4. The lowest BCUT2D eigenvalue weighted by atomic mass is 10.3. The van der Waals surface area contributed by atoms with E-state index in [1.807, 2.05) is 11.8 Å². The van der Waals surface area contributed by atoms with Gasteiger partial charge in [-0.15, -0.1) is 0 Å². The van der Waals surface area contributed by atoms with Crippen LogP contribution < -0.4 is 5.32 Å². The third-order valence-electron chi connectivity index (χ3n) is 3.80. The Balaban J connectivity index is 1.98. The summed E-state index contributed by atoms with van der Waals surface area (Å²) < 4.78 is 26.8. The Hall–Kier alpha value is -0.860. The van der Waals surface area contributed by atoms with Gasteiger partial charge in [0, 0.05) is 32.7 Å². The SMILES string of the molecule is CCCNC(=O)CN1CCN(S(=O)(=O)c2cccc(Cl)c2Cl)CC1. The van der Waals surface area contributed by atoms with E-state index in [1.54, 1.807) is 12.1 Å². The van der Waals surface area contributed by atoms with E-state index >= 15 is 0 Å². The van der Waals surface area contributed by atoms with Crippen molar-refractivity contribution < 1.29 is 13.2 Å². The van der Waals surface area contributed by atoms with Gasteiger partial charge in [-0.1, -0.05) is 36.2 Å². The number of rotatable bonds is 6. The van der Waals surface area contributed by atoms with Gasteiger partial charge in [0.05, 0.1) is 16.6 Å². The first kappa shape index (κ1) is 19.5. The van der Waals surface area contributed by atoms with Crippen molar-refractivity contribution >= 4 is 39.1 Å². The molecule has 1 aromatic carbocycles. The number of halogens is 2. The molecule has 0 radical (unpaired) electrons. The summed E-state index contributed by atoms with van der Waals surface area (Å²) in [6, 6.07) is 4.57. The van der Waals surface area contributed by atoms with Crippen LogP contribution in [0.25, 0.3) is 0 Å². The van der Waals surface area contributed by atoms with Crippen molar-refractivity contribution in [2.75, 3.05) is 39.3 Å². The molecule has 0 aliphatic carbocycles. The number of carbonyl (C=O) groups excluding carboxylic acids is 1. The van der Waals surface area contributed by atoms with Crippen LogP contribution in [-0.4, -0.2) is 62.8 Å². The van der Waals surface area contributed by atoms with Crippen LogP contribution in [0.5, 0.6) is 0 Å². The molecular formula is C15H21Cl2N3O3S. The first-order valence-corrected chi connectivity index (χ1v) is 9.99. The average molecular weight is 394 g/mol. The normalized spacial score (nSPS) is 17.0. The average Bonchev–Trinajstić information content (AvgIpc) is 2.56. The number of nitrogens with one attached hydrogen (secondary N) is 1. The molecule has 0 saturated carbocycles. The Morgan fingerprint density at radius 1 is 1.21 bits per heavy atom. The molecule has 6 nitrogen and oxygen atoms in total. The Bertz CT molecular complexity index is 689. The molecule has 1 N–H and O–H groups in total. The summed E-state index contributed by atoms with van der Waals surface area (Å²) in [5.74, 6) is -0.0361. The number of piperazine rings is 1. The van der Waals surface area contributed by atoms with Gasteiger partial charge in [-0.2, -0.15) is 4.31 Å². The summed E-state index contributed by atoms with van der Waals surface area (Å²) in [6.45, 7) is 4.55. The van der Waals surface area contributed by atoms with Crippen molar-refractivity contribution in [1.82, 2.24) is 14.5 Å². The third-order valence-corrected chi connectivity index (χ3v) is 6.68. The van der Waals surface area contributed by atoms with Gasteiger partial charge in [0.15, 0.2) is 0 Å². The Kier molecular flexibility index (Phi) is 6.88. The van der Waals surface area contributed by atoms with Gasteiger partial charge in [0.1, 0.15) is 4.90 Å². The van der Waals surface area contributed by atoms with Crippen molar-refractivity contribution in [3.63, 3.8) is 0 Å². The molecule has 1 heterocycles. The molecule has 1 saturated heterocycles. The minimum atomic E-state index is -3.69. The van der Waals surface area contributed by atoms with Gasteiger partial charge in [-0.3, -0.25) is 9.69 Å². The smallest absolute Gasteiger partial charge is 0.244 e. The maximum Gasteiger partial charge on any atom is 0.244 e. The second-order valence-electron chi connectivity index (χ2n) is 5.58. The first-order valence-electron chi connectivity index (χ1n) is 7.79. The molecule has 1 aliphatic rings. The fourth-order valence-electron chi connectivity index (χ4n) is 2.47. The lowest BCUT2D eigenvalue weighted by molar-refractivity contribution is -0.122. The van der Waals surface area contributed by atoms with E-state index in [9.17, 15) is 13.2 Å². The minimum absolute atomic E-state index is 0.0193. The highest BCUT2D eigenvalue weighted by Crippen LogP contribution is 2.31. The zero-order valence-corrected chi connectivity index (χ0v) is 15.8. The van der Waals surface area contributed by atoms with Crippen molar-refractivity contribution in [3.8, 4) is 0 Å². The number of hydrogen-bond acceptors (Lipinski definition) is 4. The van der Waals surface area contributed by atoms with E-state index < -0.39 is 10.0 Å². The van der Waals surface area contributed by atoms with Crippen molar-refractivity contribution in [2.24, 2.45) is 0 Å². The quantitative estimate of drug-likeness (QED) is 0.799. The topological polar surface area (TPSA) is 69.7 Å². The van der Waals surface area contributed by atoms with Crippen LogP contribution in [0.1, 0.15) is 13.3 Å². The standard InChI is InChI=1S/C15H21Cl2N3O3S/c1-2-6-18-14(21)11-19-7-9-20(10-8-19)24(22,23)13-5-3-4-12(16)15(13)17/h3-5H,2,6-11H2,1H3,(H,18,21). The van der Waals surface area contributed by atoms with Crippen LogP contribution in [0, 0.1) is 0 Å². The molecule has 0 bridgehead atoms. The predicted molar refractivity (Wildman–Crippen MR) is 95.0 cm³/mol. The van der Waals surface area contributed by atoms with Crippen molar-refractivity contribution in [2.45, 2.75) is 18.2 Å². The summed E-state index contributed by atoms with van der Waals surface area (Å²) >= 11 is 12.0. The number of benzene rings is 1. The van der Waals surface area contributed by atoms with Crippen LogP contribution in [0.3, 0.4) is 0 Å². The Labute approximate surface area is 152 Å². The maximum absolute atomic E-state index is 12.7. The molecular weight excluding hydrogens is 373 g/mol. The highest BCUT2D eigenvalue weighted by atomic mass is 35.5. The van der Waals surface area contributed by atoms with Crippen LogP contribution >= 0.6 is 23.2 Å². The number of sulfonamides is 1. The second kappa shape index (κ2) is 8.49. The maximum atomic E-state index is 12.7. The minimum Gasteiger partial charge on any atom is -0.355 e. The molecule has 1 aliphatic heterocycles. The van der Waals surface area contributed by atoms with Crippen LogP contribution in [0.4, 0.5) is 0 Å². The summed E-state index contributed by atoms with van der Waals surface area (Å²) in [5.41, 5.74) is 0. The summed E-state index contributed by atoms with van der Waals surface area (Å²) in [6.07, 6.45) is 0.887. The zero-order valence-electron chi connectivity index (χ0n) is 13.5. The molecule has 0 unspecified atom stereocenters. The highest BCUT2D eigenvalue weighted by molar-refractivity contribution is 7.89. The van der Waals surface area contributed by atoms with Gasteiger partial charge >= 0.3 is 0 Å². The fraction of sp³-hybridized carbons (Fsp3) is 0.533. The molecule has 134 valence electrons. The molecule has 0 aromatic heterocycles. The Morgan fingerprint density at radius 3 is 2.50 bits per heavy atom. The van der Waals surface area contributed by atoms with Crippen LogP contribution in [0.2, 0.25) is 10.0 Å². The molecule has 1 aromatic rings. The Morgan fingerprint density at radius 2 is 1.88 bits per heavy atom. The van der Waals surface area contributed by atoms with E-state index in [4.69, 9.17) is 23.2 Å². The molecule has 0 spiro atoms. The van der Waals surface area contributed by atoms with Gasteiger partial charge in [-0.25, -0.2) is 8.42 Å². The number of carbonyl (C=O) groups is 1. The lowest BCUT2D eigenvalue weighted by Gasteiger charge is -2.33. The van der Waals surface area contributed by atoms with E-state index in [0.29, 0.717) is 32.7 Å². The predicted octanol–water partition coefficient (Wildman–Crippen LogP) is 1.83. The van der Waals surface area contributed by atoms with Gasteiger partial charge in [0.2, 0.25) is 15.9 Å². The van der Waals surface area contributed by atoms with E-state index in [1.165, 1.54) is 10.4 Å². The summed E-state index contributed by atoms with van der Waals surface area (Å²) in [7, 11) is -3.69. The van der Waals surface area contributed by atoms with Crippen molar-refractivity contribution in [3.05, 3.63) is 28.2 Å². The molecule has 9 heteroatoms. The third kappa shape index (κ3) is 4.61. The highest BCUT2D eigenvalue weighted by Gasteiger charge is 2.31. The van der Waals surface area contributed by atoms with Crippen LogP contribution in [0.15, 0.2) is 23.1 Å². The zero-order chi connectivity index (χ0) is 17.7. The molecule has 1 fully saturated rings. The van der Waals surface area contributed by atoms with E-state index in [2.05, 4.69) is 5.32 Å². The number of nitrogens with zero attached hydrogens (tertiary/aromatic N) is 2. The van der Waals surface area contributed by atoms with Gasteiger partial charge in [-0.05, 0) is 18.6 Å². The largest absolute Gasteiger partial charge is 0.355 e. The van der Waals surface area contributed by atoms with Gasteiger partial charge in [0.25, 0.3) is 0 Å². The molecule has 2 rings (SSSR count). The fourth-order valence-corrected chi connectivity index (χ4v) is 4.63. The van der Waals surface area contributed by atoms with Crippen LogP contribution in [-0.2, 0) is 14.8 Å². The number of hydrogen-bond donors (Lipinski definition) is 1. The molecule has 1 amide bonds. The van der Waals surface area contributed by atoms with E-state index in [0.717, 1.165) is 6.42 Å². The second-order valence-corrected chi connectivity index (χ2v) is 8.27. The number of amides is 1. The summed E-state index contributed by atoms with van der Waals surface area (Å²) in [5, 5.41) is 3.07. The van der Waals surface area contributed by atoms with Crippen molar-refractivity contribution in [1.29, 1.82) is 0 Å². The summed E-state index contributed by atoms with van der Waals surface area (Å²) in [4.78, 5) is 13.7. The van der Waals surface area contributed by atoms with Gasteiger partial charge < -0.3 is 5.32 Å².